The lowest BCUT2D eigenvalue weighted by atomic mass is 9.95. The van der Waals surface area contributed by atoms with E-state index in [4.69, 9.17) is 18.9 Å². The number of likely N-dealkylation sites (tertiary alicyclic amines) is 2. The zero-order valence-electron chi connectivity index (χ0n) is 21.6. The van der Waals surface area contributed by atoms with Crippen LogP contribution in [-0.2, 0) is 9.53 Å². The van der Waals surface area contributed by atoms with E-state index in [1.54, 1.807) is 23.8 Å². The SMILES string of the molecule is COc1ccc2nc(C3CCN([C@H]4C[C@@H](C(=O)N5CCSC5)N(C(=O)OC(C)(C)C)C4)CC3)oc2c1. The van der Waals surface area contributed by atoms with Crippen LogP contribution in [0.5, 0.6) is 5.75 Å². The quantitative estimate of drug-likeness (QED) is 0.604. The van der Waals surface area contributed by atoms with Crippen LogP contribution in [0.3, 0.4) is 0 Å². The maximum Gasteiger partial charge on any atom is 0.411 e. The van der Waals surface area contributed by atoms with Crippen molar-refractivity contribution in [2.24, 2.45) is 0 Å². The number of carbonyl (C=O) groups excluding carboxylic acids is 2. The first-order valence-electron chi connectivity index (χ1n) is 12.8. The van der Waals surface area contributed by atoms with Gasteiger partial charge >= 0.3 is 6.09 Å². The molecule has 1 aromatic carbocycles. The van der Waals surface area contributed by atoms with Gasteiger partial charge in [0.25, 0.3) is 0 Å². The molecule has 0 N–H and O–H groups in total. The average molecular weight is 517 g/mol. The van der Waals surface area contributed by atoms with Gasteiger partial charge in [-0.2, -0.15) is 0 Å². The summed E-state index contributed by atoms with van der Waals surface area (Å²) in [6, 6.07) is 5.37. The number of rotatable bonds is 4. The summed E-state index contributed by atoms with van der Waals surface area (Å²) < 4.78 is 17.1. The fraction of sp³-hybridized carbons (Fsp3) is 0.654. The number of nitrogens with zero attached hydrogens (tertiary/aromatic N) is 4. The van der Waals surface area contributed by atoms with Crippen molar-refractivity contribution in [3.05, 3.63) is 24.1 Å². The van der Waals surface area contributed by atoms with Crippen LogP contribution < -0.4 is 4.74 Å². The molecule has 5 rings (SSSR count). The molecule has 36 heavy (non-hydrogen) atoms. The van der Waals surface area contributed by atoms with Gasteiger partial charge in [-0.15, -0.1) is 11.8 Å². The largest absolute Gasteiger partial charge is 0.497 e. The highest BCUT2D eigenvalue weighted by Gasteiger charge is 2.45. The number of amides is 2. The molecular formula is C26H36N4O5S. The Morgan fingerprint density at radius 2 is 1.94 bits per heavy atom. The molecule has 3 fully saturated rings. The normalized spacial score (nSPS) is 24.0. The molecule has 196 valence electrons. The molecule has 3 saturated heterocycles. The van der Waals surface area contributed by atoms with Crippen molar-refractivity contribution >= 4 is 34.9 Å². The van der Waals surface area contributed by atoms with Crippen molar-refractivity contribution in [2.75, 3.05) is 44.9 Å². The molecular weight excluding hydrogens is 480 g/mol. The van der Waals surface area contributed by atoms with Crippen LogP contribution in [0.2, 0.25) is 0 Å². The number of thioether (sulfide) groups is 1. The van der Waals surface area contributed by atoms with E-state index < -0.39 is 17.7 Å². The van der Waals surface area contributed by atoms with Crippen molar-refractivity contribution in [3.8, 4) is 5.75 Å². The van der Waals surface area contributed by atoms with E-state index in [1.807, 2.05) is 43.9 Å². The molecule has 0 saturated carbocycles. The van der Waals surface area contributed by atoms with Crippen LogP contribution in [0.1, 0.15) is 51.8 Å². The van der Waals surface area contributed by atoms with Crippen LogP contribution in [0, 0.1) is 0 Å². The molecule has 1 aromatic heterocycles. The number of aromatic nitrogens is 1. The van der Waals surface area contributed by atoms with Crippen LogP contribution in [-0.4, -0.2) is 94.3 Å². The van der Waals surface area contributed by atoms with Gasteiger partial charge in [0.1, 0.15) is 22.9 Å². The van der Waals surface area contributed by atoms with Crippen molar-refractivity contribution in [1.29, 1.82) is 0 Å². The van der Waals surface area contributed by atoms with Crippen molar-refractivity contribution < 1.29 is 23.5 Å². The lowest BCUT2D eigenvalue weighted by molar-refractivity contribution is -0.134. The van der Waals surface area contributed by atoms with E-state index in [0.717, 1.165) is 61.0 Å². The fourth-order valence-electron chi connectivity index (χ4n) is 5.37. The molecule has 2 atom stereocenters. The molecule has 3 aliphatic heterocycles. The van der Waals surface area contributed by atoms with Crippen molar-refractivity contribution in [1.82, 2.24) is 19.7 Å². The molecule has 3 aliphatic rings. The van der Waals surface area contributed by atoms with Crippen molar-refractivity contribution in [2.45, 2.75) is 63.6 Å². The standard InChI is InChI=1S/C26H36N4O5S/c1-26(2,3)35-25(32)30-15-18(13-21(30)24(31)29-11-12-36-16-29)28-9-7-17(8-10-28)23-27-20-6-5-19(33-4)14-22(20)34-23/h5-6,14,17-18,21H,7-13,15-16H2,1-4H3/t18-,21-/m0/s1. The lowest BCUT2D eigenvalue weighted by Gasteiger charge is -2.35. The Bertz CT molecular complexity index is 1100. The minimum absolute atomic E-state index is 0.0464. The Morgan fingerprint density at radius 1 is 1.17 bits per heavy atom. The molecule has 0 aliphatic carbocycles. The first-order valence-corrected chi connectivity index (χ1v) is 13.9. The number of fused-ring (bicyclic) bond motifs is 1. The van der Waals surface area contributed by atoms with E-state index in [0.29, 0.717) is 18.8 Å². The van der Waals surface area contributed by atoms with Crippen LogP contribution >= 0.6 is 11.8 Å². The Balaban J connectivity index is 1.25. The average Bonchev–Trinajstić information content (AvgIpc) is 3.61. The molecule has 0 radical (unpaired) electrons. The summed E-state index contributed by atoms with van der Waals surface area (Å²) in [4.78, 5) is 37.1. The van der Waals surface area contributed by atoms with Gasteiger partial charge in [0.15, 0.2) is 11.5 Å². The Hall–Kier alpha value is -2.46. The first kappa shape index (κ1) is 25.2. The third kappa shape index (κ3) is 5.29. The molecule has 0 spiro atoms. The molecule has 10 heteroatoms. The minimum Gasteiger partial charge on any atom is -0.497 e. The third-order valence-electron chi connectivity index (χ3n) is 7.26. The van der Waals surface area contributed by atoms with Gasteiger partial charge in [-0.25, -0.2) is 9.78 Å². The summed E-state index contributed by atoms with van der Waals surface area (Å²) in [6.07, 6.45) is 2.10. The van der Waals surface area contributed by atoms with Gasteiger partial charge in [0, 0.05) is 36.9 Å². The molecule has 2 amide bonds. The molecule has 4 heterocycles. The first-order chi connectivity index (χ1) is 17.2. The number of piperidine rings is 1. The van der Waals surface area contributed by atoms with E-state index in [2.05, 4.69) is 4.90 Å². The van der Waals surface area contributed by atoms with E-state index >= 15 is 0 Å². The van der Waals surface area contributed by atoms with Gasteiger partial charge in [0.05, 0.1) is 13.0 Å². The monoisotopic (exact) mass is 516 g/mol. The topological polar surface area (TPSA) is 88.4 Å². The minimum atomic E-state index is -0.603. The smallest absolute Gasteiger partial charge is 0.411 e. The predicted molar refractivity (Wildman–Crippen MR) is 138 cm³/mol. The van der Waals surface area contributed by atoms with E-state index in [1.165, 1.54) is 0 Å². The lowest BCUT2D eigenvalue weighted by Crippen LogP contribution is -2.48. The Labute approximate surface area is 216 Å². The molecule has 9 nitrogen and oxygen atoms in total. The maximum atomic E-state index is 13.3. The number of hydrogen-bond acceptors (Lipinski definition) is 8. The van der Waals surface area contributed by atoms with Gasteiger partial charge < -0.3 is 18.8 Å². The second-order valence-corrected chi connectivity index (χ2v) is 11.9. The van der Waals surface area contributed by atoms with E-state index in [9.17, 15) is 9.59 Å². The van der Waals surface area contributed by atoms with Crippen LogP contribution in [0.15, 0.2) is 22.6 Å². The number of carbonyl (C=O) groups is 2. The van der Waals surface area contributed by atoms with Gasteiger partial charge in [-0.05, 0) is 65.3 Å². The van der Waals surface area contributed by atoms with Crippen molar-refractivity contribution in [3.63, 3.8) is 0 Å². The Morgan fingerprint density at radius 3 is 2.61 bits per heavy atom. The maximum absolute atomic E-state index is 13.3. The highest BCUT2D eigenvalue weighted by Crippen LogP contribution is 2.34. The number of benzene rings is 1. The van der Waals surface area contributed by atoms with Gasteiger partial charge in [-0.1, -0.05) is 0 Å². The highest BCUT2D eigenvalue weighted by atomic mass is 32.2. The summed E-state index contributed by atoms with van der Waals surface area (Å²) in [6.45, 7) is 8.59. The van der Waals surface area contributed by atoms with Crippen LogP contribution in [0.4, 0.5) is 4.79 Å². The number of methoxy groups -OCH3 is 1. The summed E-state index contributed by atoms with van der Waals surface area (Å²) in [5.41, 5.74) is 0.990. The molecule has 0 bridgehead atoms. The number of ether oxygens (including phenoxy) is 2. The summed E-state index contributed by atoms with van der Waals surface area (Å²) in [5.74, 6) is 3.48. The molecule has 2 aromatic rings. The summed E-state index contributed by atoms with van der Waals surface area (Å²) >= 11 is 1.76. The highest BCUT2D eigenvalue weighted by molar-refractivity contribution is 7.99. The second kappa shape index (κ2) is 10.1. The zero-order chi connectivity index (χ0) is 25.4. The fourth-order valence-corrected chi connectivity index (χ4v) is 6.32. The second-order valence-electron chi connectivity index (χ2n) is 10.9. The predicted octanol–water partition coefficient (Wildman–Crippen LogP) is 3.93. The van der Waals surface area contributed by atoms with Gasteiger partial charge in [-0.3, -0.25) is 14.6 Å². The van der Waals surface area contributed by atoms with Gasteiger partial charge in [0.2, 0.25) is 5.91 Å². The Kier molecular flexibility index (Phi) is 7.09. The number of oxazole rings is 1. The molecule has 0 unspecified atom stereocenters. The third-order valence-corrected chi connectivity index (χ3v) is 8.23. The summed E-state index contributed by atoms with van der Waals surface area (Å²) in [5, 5.41) is 0. The number of hydrogen-bond donors (Lipinski definition) is 0. The van der Waals surface area contributed by atoms with E-state index in [-0.39, 0.29) is 17.9 Å². The van der Waals surface area contributed by atoms with Crippen LogP contribution in [0.25, 0.3) is 11.1 Å². The zero-order valence-corrected chi connectivity index (χ0v) is 22.4. The summed E-state index contributed by atoms with van der Waals surface area (Å²) in [7, 11) is 1.64.